The second-order valence-corrected chi connectivity index (χ2v) is 7.74. The first-order valence-corrected chi connectivity index (χ1v) is 9.69. The molecule has 128 valence electrons. The van der Waals surface area contributed by atoms with Crippen molar-refractivity contribution >= 4 is 15.9 Å². The molecule has 7 nitrogen and oxygen atoms in total. The molecule has 1 aliphatic heterocycles. The van der Waals surface area contributed by atoms with Gasteiger partial charge in [0.05, 0.1) is 11.9 Å². The predicted molar refractivity (Wildman–Crippen MR) is 90.5 cm³/mol. The van der Waals surface area contributed by atoms with E-state index in [1.165, 1.54) is 0 Å². The van der Waals surface area contributed by atoms with Gasteiger partial charge in [0, 0.05) is 25.3 Å². The third-order valence-corrected chi connectivity index (χ3v) is 4.68. The Morgan fingerprint density at radius 3 is 2.71 bits per heavy atom. The van der Waals surface area contributed by atoms with Gasteiger partial charge in [-0.25, -0.2) is 17.8 Å². The zero-order valence-electron chi connectivity index (χ0n) is 13.4. The number of piperidine rings is 1. The number of hydrogen-bond acceptors (Lipinski definition) is 4. The first-order chi connectivity index (χ1) is 11.4. The van der Waals surface area contributed by atoms with Crippen molar-refractivity contribution in [2.45, 2.75) is 18.9 Å². The molecule has 0 bridgehead atoms. The highest BCUT2D eigenvalue weighted by molar-refractivity contribution is 7.88. The largest absolute Gasteiger partial charge is 0.336 e. The van der Waals surface area contributed by atoms with Crippen LogP contribution in [0, 0.1) is 0 Å². The van der Waals surface area contributed by atoms with Crippen LogP contribution in [0.2, 0.25) is 0 Å². The quantitative estimate of drug-likeness (QED) is 0.894. The van der Waals surface area contributed by atoms with E-state index in [1.54, 1.807) is 21.8 Å². The summed E-state index contributed by atoms with van der Waals surface area (Å²) >= 11 is 0. The molecule has 1 fully saturated rings. The van der Waals surface area contributed by atoms with Crippen molar-refractivity contribution in [2.75, 3.05) is 19.3 Å². The summed E-state index contributed by atoms with van der Waals surface area (Å²) in [7, 11) is -3.28. The van der Waals surface area contributed by atoms with E-state index in [9.17, 15) is 13.2 Å². The Morgan fingerprint density at radius 2 is 2.00 bits per heavy atom. The highest BCUT2D eigenvalue weighted by Gasteiger charge is 2.27. The SMILES string of the molecule is CS(=O)(=O)N[C@@H]1CCCN(C(=O)c2ccn(-c3ccccc3)n2)C1. The van der Waals surface area contributed by atoms with Gasteiger partial charge in [-0.1, -0.05) is 18.2 Å². The Hall–Kier alpha value is -2.19. The zero-order valence-corrected chi connectivity index (χ0v) is 14.2. The molecule has 1 aromatic carbocycles. The Morgan fingerprint density at radius 1 is 1.25 bits per heavy atom. The van der Waals surface area contributed by atoms with Crippen molar-refractivity contribution in [3.8, 4) is 5.69 Å². The number of nitrogens with one attached hydrogen (secondary N) is 1. The highest BCUT2D eigenvalue weighted by atomic mass is 32.2. The van der Waals surface area contributed by atoms with Crippen LogP contribution in [0.15, 0.2) is 42.6 Å². The molecule has 1 amide bonds. The second-order valence-electron chi connectivity index (χ2n) is 5.96. The fourth-order valence-electron chi connectivity index (χ4n) is 2.89. The van der Waals surface area contributed by atoms with Gasteiger partial charge >= 0.3 is 0 Å². The van der Waals surface area contributed by atoms with Gasteiger partial charge in [-0.2, -0.15) is 5.10 Å². The lowest BCUT2D eigenvalue weighted by Gasteiger charge is -2.32. The number of hydrogen-bond donors (Lipinski definition) is 1. The summed E-state index contributed by atoms with van der Waals surface area (Å²) in [4.78, 5) is 14.3. The van der Waals surface area contributed by atoms with Gasteiger partial charge in [0.15, 0.2) is 5.69 Å². The van der Waals surface area contributed by atoms with E-state index in [2.05, 4.69) is 9.82 Å². The van der Waals surface area contributed by atoms with E-state index >= 15 is 0 Å². The summed E-state index contributed by atoms with van der Waals surface area (Å²) in [6.07, 6.45) is 4.38. The molecule has 0 spiro atoms. The molecule has 3 rings (SSSR count). The molecule has 2 aromatic rings. The van der Waals surface area contributed by atoms with E-state index in [4.69, 9.17) is 0 Å². The first kappa shape index (κ1) is 16.7. The molecule has 8 heteroatoms. The minimum Gasteiger partial charge on any atom is -0.336 e. The van der Waals surface area contributed by atoms with Crippen LogP contribution in [0.3, 0.4) is 0 Å². The summed E-state index contributed by atoms with van der Waals surface area (Å²) in [5, 5.41) is 4.34. The van der Waals surface area contributed by atoms with E-state index < -0.39 is 10.0 Å². The van der Waals surface area contributed by atoms with Crippen molar-refractivity contribution in [3.05, 3.63) is 48.3 Å². The first-order valence-electron chi connectivity index (χ1n) is 7.80. The summed E-state index contributed by atoms with van der Waals surface area (Å²) in [6.45, 7) is 0.975. The van der Waals surface area contributed by atoms with Gasteiger partial charge in [0.1, 0.15) is 0 Å². The standard InChI is InChI=1S/C16H20N4O3S/c1-24(22,23)18-13-6-5-10-19(12-13)16(21)15-9-11-20(17-15)14-7-3-2-4-8-14/h2-4,7-9,11,13,18H,5-6,10,12H2,1H3/t13-/m1/s1. The van der Waals surface area contributed by atoms with Gasteiger partial charge in [-0.3, -0.25) is 4.79 Å². The number of sulfonamides is 1. The summed E-state index contributed by atoms with van der Waals surface area (Å²) in [5.41, 5.74) is 1.24. The number of carbonyl (C=O) groups excluding carboxylic acids is 1. The Labute approximate surface area is 141 Å². The second kappa shape index (κ2) is 6.74. The van der Waals surface area contributed by atoms with E-state index in [0.29, 0.717) is 18.8 Å². The maximum atomic E-state index is 12.6. The van der Waals surface area contributed by atoms with E-state index in [1.807, 2.05) is 30.3 Å². The molecule has 1 aliphatic rings. The van der Waals surface area contributed by atoms with Gasteiger partial charge in [-0.15, -0.1) is 0 Å². The van der Waals surface area contributed by atoms with Crippen molar-refractivity contribution in [1.29, 1.82) is 0 Å². The van der Waals surface area contributed by atoms with Crippen LogP contribution in [0.5, 0.6) is 0 Å². The molecule has 0 radical (unpaired) electrons. The number of amides is 1. The summed E-state index contributed by atoms with van der Waals surface area (Å²) < 4.78 is 27.0. The average Bonchev–Trinajstić information content (AvgIpc) is 3.03. The fraction of sp³-hybridized carbons (Fsp3) is 0.375. The van der Waals surface area contributed by atoms with Gasteiger partial charge in [0.25, 0.3) is 5.91 Å². The lowest BCUT2D eigenvalue weighted by atomic mass is 10.1. The van der Waals surface area contributed by atoms with Crippen LogP contribution in [0.1, 0.15) is 23.3 Å². The molecule has 2 heterocycles. The maximum Gasteiger partial charge on any atom is 0.274 e. The number of rotatable bonds is 4. The van der Waals surface area contributed by atoms with Crippen molar-refractivity contribution in [3.63, 3.8) is 0 Å². The minimum atomic E-state index is -3.28. The number of nitrogens with zero attached hydrogens (tertiary/aromatic N) is 3. The third-order valence-electron chi connectivity index (χ3n) is 3.92. The number of likely N-dealkylation sites (tertiary alicyclic amines) is 1. The Kier molecular flexibility index (Phi) is 4.68. The lowest BCUT2D eigenvalue weighted by molar-refractivity contribution is 0.0696. The van der Waals surface area contributed by atoms with Crippen LogP contribution >= 0.6 is 0 Å². The molecule has 0 saturated carbocycles. The normalized spacial score (nSPS) is 18.5. The predicted octanol–water partition coefficient (Wildman–Crippen LogP) is 1.03. The van der Waals surface area contributed by atoms with E-state index in [-0.39, 0.29) is 11.9 Å². The topological polar surface area (TPSA) is 84.3 Å². The fourth-order valence-corrected chi connectivity index (χ4v) is 3.68. The number of aromatic nitrogens is 2. The minimum absolute atomic E-state index is 0.176. The van der Waals surface area contributed by atoms with Crippen LogP contribution in [0.4, 0.5) is 0 Å². The molecule has 1 atom stereocenters. The van der Waals surface area contributed by atoms with Crippen LogP contribution in [-0.4, -0.2) is 54.4 Å². The molecular weight excluding hydrogens is 328 g/mol. The monoisotopic (exact) mass is 348 g/mol. The Balaban J connectivity index is 1.71. The van der Waals surface area contributed by atoms with E-state index in [0.717, 1.165) is 24.8 Å². The molecule has 24 heavy (non-hydrogen) atoms. The maximum absolute atomic E-state index is 12.6. The highest BCUT2D eigenvalue weighted by Crippen LogP contribution is 2.15. The van der Waals surface area contributed by atoms with Crippen LogP contribution in [0.25, 0.3) is 5.69 Å². The third kappa shape index (κ3) is 4.01. The zero-order chi connectivity index (χ0) is 17.2. The van der Waals surface area contributed by atoms with Crippen molar-refractivity contribution < 1.29 is 13.2 Å². The van der Waals surface area contributed by atoms with Crippen molar-refractivity contribution in [2.24, 2.45) is 0 Å². The lowest BCUT2D eigenvalue weighted by Crippen LogP contribution is -2.49. The molecule has 0 unspecified atom stereocenters. The Bertz CT molecular complexity index is 817. The average molecular weight is 348 g/mol. The molecule has 1 saturated heterocycles. The van der Waals surface area contributed by atoms with Crippen molar-refractivity contribution in [1.82, 2.24) is 19.4 Å². The molecule has 1 aromatic heterocycles. The smallest absolute Gasteiger partial charge is 0.274 e. The summed E-state index contributed by atoms with van der Waals surface area (Å²) in [5.74, 6) is -0.176. The van der Waals surface area contributed by atoms with Gasteiger partial charge < -0.3 is 4.90 Å². The van der Waals surface area contributed by atoms with Crippen LogP contribution < -0.4 is 4.72 Å². The number of benzene rings is 1. The van der Waals surface area contributed by atoms with Gasteiger partial charge in [-0.05, 0) is 31.0 Å². The van der Waals surface area contributed by atoms with Crippen LogP contribution in [-0.2, 0) is 10.0 Å². The molecule has 1 N–H and O–H groups in total. The number of para-hydroxylation sites is 1. The molecular formula is C16H20N4O3S. The number of carbonyl (C=O) groups is 1. The van der Waals surface area contributed by atoms with Gasteiger partial charge in [0.2, 0.25) is 10.0 Å². The summed E-state index contributed by atoms with van der Waals surface area (Å²) in [6, 6.07) is 11.0. The molecule has 0 aliphatic carbocycles.